The summed E-state index contributed by atoms with van der Waals surface area (Å²) in [4.78, 5) is 18.4. The summed E-state index contributed by atoms with van der Waals surface area (Å²) in [7, 11) is 0. The molecule has 1 aromatic carbocycles. The first-order chi connectivity index (χ1) is 12.7. The number of carbonyl (C=O) groups is 1. The minimum absolute atomic E-state index is 0.288. The van der Waals surface area contributed by atoms with Crippen LogP contribution in [0.4, 0.5) is 0 Å². The van der Waals surface area contributed by atoms with E-state index in [0.29, 0.717) is 18.8 Å². The Hall–Kier alpha value is -2.22. The molecular weight excluding hydrogens is 330 g/mol. The highest BCUT2D eigenvalue weighted by Gasteiger charge is 2.43. The summed E-state index contributed by atoms with van der Waals surface area (Å²) >= 11 is 0. The average molecular weight is 355 g/mol. The number of rotatable bonds is 5. The van der Waals surface area contributed by atoms with E-state index in [-0.39, 0.29) is 6.04 Å². The van der Waals surface area contributed by atoms with Gasteiger partial charge in [-0.25, -0.2) is 15.2 Å². The summed E-state index contributed by atoms with van der Waals surface area (Å²) < 4.78 is 1.76. The van der Waals surface area contributed by atoms with E-state index in [1.54, 1.807) is 23.3 Å². The van der Waals surface area contributed by atoms with E-state index in [9.17, 15) is 9.90 Å². The molecule has 0 amide bonds. The second-order valence-corrected chi connectivity index (χ2v) is 7.28. The van der Waals surface area contributed by atoms with Crippen LogP contribution in [0.5, 0.6) is 0 Å². The Bertz CT molecular complexity index is 726. The smallest absolute Gasteiger partial charge is 0.330 e. The molecule has 2 aliphatic heterocycles. The number of nitrogens with one attached hydrogen (secondary N) is 2. The molecule has 2 atom stereocenters. The number of nitrogens with zero attached hydrogens (tertiary/aromatic N) is 3. The Morgan fingerprint density at radius 2 is 2.04 bits per heavy atom. The van der Waals surface area contributed by atoms with Crippen molar-refractivity contribution in [3.05, 3.63) is 54.6 Å². The van der Waals surface area contributed by atoms with Crippen molar-refractivity contribution in [1.82, 2.24) is 25.3 Å². The monoisotopic (exact) mass is 355 g/mol. The molecule has 26 heavy (non-hydrogen) atoms. The SMILES string of the molecule is O=C(O)C1(n2ccnc2)CCN(CC2CNNC2c2ccccc2)CC1. The van der Waals surface area contributed by atoms with Gasteiger partial charge in [-0.3, -0.25) is 5.43 Å². The number of carboxylic acid groups (broad SMARTS) is 1. The van der Waals surface area contributed by atoms with Crippen molar-refractivity contribution >= 4 is 5.97 Å². The van der Waals surface area contributed by atoms with Gasteiger partial charge in [-0.2, -0.15) is 0 Å². The van der Waals surface area contributed by atoms with Crippen molar-refractivity contribution in [1.29, 1.82) is 0 Å². The van der Waals surface area contributed by atoms with Crippen molar-refractivity contribution < 1.29 is 9.90 Å². The summed E-state index contributed by atoms with van der Waals surface area (Å²) in [5, 5.41) is 9.83. The molecule has 7 heteroatoms. The minimum Gasteiger partial charge on any atom is -0.479 e. The fourth-order valence-electron chi connectivity index (χ4n) is 4.25. The number of carboxylic acids is 1. The molecule has 7 nitrogen and oxygen atoms in total. The van der Waals surface area contributed by atoms with E-state index in [4.69, 9.17) is 0 Å². The lowest BCUT2D eigenvalue weighted by molar-refractivity contribution is -0.150. The van der Waals surface area contributed by atoms with Crippen LogP contribution < -0.4 is 10.9 Å². The summed E-state index contributed by atoms with van der Waals surface area (Å²) in [6.45, 7) is 3.44. The predicted octanol–water partition coefficient (Wildman–Crippen LogP) is 1.22. The summed E-state index contributed by atoms with van der Waals surface area (Å²) in [6.07, 6.45) is 6.24. The fraction of sp³-hybridized carbons (Fsp3) is 0.474. The van der Waals surface area contributed by atoms with E-state index in [1.807, 2.05) is 6.07 Å². The van der Waals surface area contributed by atoms with Crippen molar-refractivity contribution in [3.8, 4) is 0 Å². The number of aliphatic carboxylic acids is 1. The van der Waals surface area contributed by atoms with E-state index >= 15 is 0 Å². The van der Waals surface area contributed by atoms with Crippen molar-refractivity contribution in [3.63, 3.8) is 0 Å². The number of hydrogen-bond donors (Lipinski definition) is 3. The molecule has 2 fully saturated rings. The maximum absolute atomic E-state index is 12.0. The van der Waals surface area contributed by atoms with Gasteiger partial charge in [0.2, 0.25) is 0 Å². The van der Waals surface area contributed by atoms with Crippen molar-refractivity contribution in [2.75, 3.05) is 26.2 Å². The number of aromatic nitrogens is 2. The Balaban J connectivity index is 1.41. The molecule has 0 bridgehead atoms. The topological polar surface area (TPSA) is 82.4 Å². The van der Waals surface area contributed by atoms with Gasteiger partial charge < -0.3 is 14.6 Å². The molecule has 2 aromatic rings. The van der Waals surface area contributed by atoms with E-state index in [0.717, 1.165) is 26.2 Å². The predicted molar refractivity (Wildman–Crippen MR) is 97.3 cm³/mol. The number of benzene rings is 1. The minimum atomic E-state index is -0.863. The van der Waals surface area contributed by atoms with Crippen molar-refractivity contribution in [2.45, 2.75) is 24.4 Å². The van der Waals surface area contributed by atoms with Crippen LogP contribution in [0.3, 0.4) is 0 Å². The Kier molecular flexibility index (Phi) is 4.76. The molecular formula is C19H25N5O2. The Morgan fingerprint density at radius 3 is 2.69 bits per heavy atom. The number of imidazole rings is 1. The molecule has 0 saturated carbocycles. The van der Waals surface area contributed by atoms with Crippen LogP contribution in [0, 0.1) is 5.92 Å². The number of likely N-dealkylation sites (tertiary alicyclic amines) is 1. The van der Waals surface area contributed by atoms with Gasteiger partial charge in [0.15, 0.2) is 0 Å². The van der Waals surface area contributed by atoms with Crippen LogP contribution >= 0.6 is 0 Å². The lowest BCUT2D eigenvalue weighted by atomic mass is 9.86. The number of piperidine rings is 1. The second kappa shape index (κ2) is 7.19. The molecule has 0 spiro atoms. The van der Waals surface area contributed by atoms with Gasteiger partial charge in [0.05, 0.1) is 12.4 Å². The van der Waals surface area contributed by atoms with E-state index in [1.165, 1.54) is 5.56 Å². The van der Waals surface area contributed by atoms with Gasteiger partial charge in [-0.15, -0.1) is 0 Å². The van der Waals surface area contributed by atoms with Crippen LogP contribution in [-0.2, 0) is 10.3 Å². The Morgan fingerprint density at radius 1 is 1.27 bits per heavy atom. The van der Waals surface area contributed by atoms with Crippen LogP contribution in [0.25, 0.3) is 0 Å². The first-order valence-corrected chi connectivity index (χ1v) is 9.16. The van der Waals surface area contributed by atoms with E-state index < -0.39 is 11.5 Å². The summed E-state index contributed by atoms with van der Waals surface area (Å²) in [5.74, 6) is -0.301. The zero-order valence-electron chi connectivity index (χ0n) is 14.7. The van der Waals surface area contributed by atoms with Crippen LogP contribution in [0.1, 0.15) is 24.4 Å². The van der Waals surface area contributed by atoms with Gasteiger partial charge in [-0.1, -0.05) is 30.3 Å². The van der Waals surface area contributed by atoms with E-state index in [2.05, 4.69) is 45.0 Å². The highest BCUT2D eigenvalue weighted by atomic mass is 16.4. The van der Waals surface area contributed by atoms with Crippen LogP contribution in [0.2, 0.25) is 0 Å². The largest absolute Gasteiger partial charge is 0.479 e. The maximum atomic E-state index is 12.0. The van der Waals surface area contributed by atoms with Crippen LogP contribution in [-0.4, -0.2) is 51.7 Å². The zero-order chi connectivity index (χ0) is 18.0. The number of hydrazine groups is 1. The van der Waals surface area contributed by atoms with Gasteiger partial charge in [-0.05, 0) is 18.4 Å². The molecule has 1 aromatic heterocycles. The van der Waals surface area contributed by atoms with Gasteiger partial charge in [0.25, 0.3) is 0 Å². The van der Waals surface area contributed by atoms with Crippen molar-refractivity contribution in [2.24, 2.45) is 5.92 Å². The number of hydrogen-bond acceptors (Lipinski definition) is 5. The van der Waals surface area contributed by atoms with Gasteiger partial charge in [0, 0.05) is 44.5 Å². The normalized spacial score (nSPS) is 26.0. The van der Waals surface area contributed by atoms with Gasteiger partial charge >= 0.3 is 5.97 Å². The summed E-state index contributed by atoms with van der Waals surface area (Å²) in [5.41, 5.74) is 7.10. The molecule has 4 rings (SSSR count). The third-order valence-corrected chi connectivity index (χ3v) is 5.82. The highest BCUT2D eigenvalue weighted by molar-refractivity contribution is 5.77. The van der Waals surface area contributed by atoms with Gasteiger partial charge in [0.1, 0.15) is 5.54 Å². The van der Waals surface area contributed by atoms with Crippen LogP contribution in [0.15, 0.2) is 49.1 Å². The standard InChI is InChI=1S/C19H25N5O2/c25-18(26)19(24-11-8-20-14-24)6-9-23(10-7-19)13-16-12-21-22-17(16)15-4-2-1-3-5-15/h1-5,8,11,14,16-17,21-22H,6-7,9-10,12-13H2,(H,25,26). The third-order valence-electron chi connectivity index (χ3n) is 5.82. The molecule has 2 saturated heterocycles. The first-order valence-electron chi connectivity index (χ1n) is 9.16. The lowest BCUT2D eigenvalue weighted by Crippen LogP contribution is -2.51. The maximum Gasteiger partial charge on any atom is 0.330 e. The fourth-order valence-corrected chi connectivity index (χ4v) is 4.25. The Labute approximate surface area is 153 Å². The quantitative estimate of drug-likeness (QED) is 0.748. The molecule has 3 N–H and O–H groups in total. The molecule has 2 unspecified atom stereocenters. The molecule has 0 radical (unpaired) electrons. The third kappa shape index (κ3) is 3.13. The molecule has 2 aliphatic rings. The summed E-state index contributed by atoms with van der Waals surface area (Å²) in [6, 6.07) is 10.8. The lowest BCUT2D eigenvalue weighted by Gasteiger charge is -2.40. The molecule has 0 aliphatic carbocycles. The highest BCUT2D eigenvalue weighted by Crippen LogP contribution is 2.32. The zero-order valence-corrected chi connectivity index (χ0v) is 14.7. The molecule has 138 valence electrons. The molecule has 3 heterocycles. The first kappa shape index (κ1) is 17.2. The second-order valence-electron chi connectivity index (χ2n) is 7.28. The average Bonchev–Trinajstić information content (AvgIpc) is 3.35.